The second-order valence-electron chi connectivity index (χ2n) is 3.42. The van der Waals surface area contributed by atoms with Gasteiger partial charge in [0.1, 0.15) is 4.90 Å². The molecule has 0 unspecified atom stereocenters. The minimum Gasteiger partial charge on any atom is -0.478 e. The highest BCUT2D eigenvalue weighted by Gasteiger charge is 2.15. The van der Waals surface area contributed by atoms with Gasteiger partial charge in [0, 0.05) is 11.9 Å². The Kier molecular flexibility index (Phi) is 3.02. The van der Waals surface area contributed by atoms with E-state index in [2.05, 4.69) is 14.9 Å². The molecule has 8 heteroatoms. The van der Waals surface area contributed by atoms with Gasteiger partial charge in [-0.15, -0.1) is 0 Å². The first-order valence-corrected chi connectivity index (χ1v) is 6.32. The zero-order chi connectivity index (χ0) is 13.2. The summed E-state index contributed by atoms with van der Waals surface area (Å²) in [5.74, 6) is -1.07. The zero-order valence-electron chi connectivity index (χ0n) is 8.99. The van der Waals surface area contributed by atoms with E-state index in [4.69, 9.17) is 5.11 Å². The highest BCUT2D eigenvalue weighted by atomic mass is 32.2. The fourth-order valence-electron chi connectivity index (χ4n) is 1.28. The molecule has 0 radical (unpaired) electrons. The Morgan fingerprint density at radius 2 is 1.94 bits per heavy atom. The van der Waals surface area contributed by atoms with Crippen LogP contribution in [0.4, 0.5) is 5.69 Å². The lowest BCUT2D eigenvalue weighted by Gasteiger charge is -2.05. The molecule has 0 saturated carbocycles. The molecular formula is C10H9N3O4S. The Morgan fingerprint density at radius 3 is 2.44 bits per heavy atom. The summed E-state index contributed by atoms with van der Waals surface area (Å²) in [7, 11) is -3.69. The van der Waals surface area contributed by atoms with Gasteiger partial charge < -0.3 is 5.11 Å². The van der Waals surface area contributed by atoms with Crippen molar-refractivity contribution >= 4 is 21.7 Å². The monoisotopic (exact) mass is 267 g/mol. The van der Waals surface area contributed by atoms with E-state index in [0.717, 1.165) is 0 Å². The predicted octanol–water partition coefficient (Wildman–Crippen LogP) is 0.909. The van der Waals surface area contributed by atoms with Crippen molar-refractivity contribution in [3.63, 3.8) is 0 Å². The van der Waals surface area contributed by atoms with Gasteiger partial charge in [-0.25, -0.2) is 13.2 Å². The van der Waals surface area contributed by atoms with E-state index in [0.29, 0.717) is 0 Å². The summed E-state index contributed by atoms with van der Waals surface area (Å²) in [5, 5.41) is 14.7. The van der Waals surface area contributed by atoms with Crippen LogP contribution >= 0.6 is 0 Å². The minimum absolute atomic E-state index is 0.00445. The standard InChI is InChI=1S/C10H9N3O4S/c14-10(15)7-1-3-8(4-2-7)13-18(16,17)9-5-11-12-6-9/h1-6,13H,(H,11,12)(H,14,15). The Morgan fingerprint density at radius 1 is 1.28 bits per heavy atom. The van der Waals surface area contributed by atoms with Crippen LogP contribution in [0.1, 0.15) is 10.4 Å². The number of rotatable bonds is 4. The van der Waals surface area contributed by atoms with Crippen LogP contribution in [0, 0.1) is 0 Å². The summed E-state index contributed by atoms with van der Waals surface area (Å²) in [6.07, 6.45) is 2.42. The molecule has 1 aromatic carbocycles. The van der Waals surface area contributed by atoms with Gasteiger partial charge >= 0.3 is 5.97 Å². The van der Waals surface area contributed by atoms with E-state index >= 15 is 0 Å². The average Bonchev–Trinajstić information content (AvgIpc) is 2.83. The maximum Gasteiger partial charge on any atom is 0.335 e. The number of carboxylic acids is 1. The molecule has 0 aliphatic carbocycles. The number of H-pyrrole nitrogens is 1. The van der Waals surface area contributed by atoms with Crippen LogP contribution in [-0.2, 0) is 10.0 Å². The third-order valence-electron chi connectivity index (χ3n) is 2.17. The van der Waals surface area contributed by atoms with Crippen LogP contribution < -0.4 is 4.72 Å². The minimum atomic E-state index is -3.69. The molecule has 0 spiro atoms. The second kappa shape index (κ2) is 4.49. The number of benzene rings is 1. The zero-order valence-corrected chi connectivity index (χ0v) is 9.81. The number of aromatic nitrogens is 2. The van der Waals surface area contributed by atoms with Crippen LogP contribution in [0.2, 0.25) is 0 Å². The summed E-state index contributed by atoms with van der Waals surface area (Å²) in [5.41, 5.74) is 0.363. The number of anilines is 1. The molecule has 2 aromatic rings. The molecule has 2 rings (SSSR count). The number of carboxylic acid groups (broad SMARTS) is 1. The lowest BCUT2D eigenvalue weighted by atomic mass is 10.2. The molecule has 94 valence electrons. The lowest BCUT2D eigenvalue weighted by Crippen LogP contribution is -2.12. The van der Waals surface area contributed by atoms with Crippen LogP contribution in [0.5, 0.6) is 0 Å². The fourth-order valence-corrected chi connectivity index (χ4v) is 2.24. The summed E-state index contributed by atoms with van der Waals surface area (Å²) in [4.78, 5) is 10.6. The fraction of sp³-hybridized carbons (Fsp3) is 0. The molecule has 18 heavy (non-hydrogen) atoms. The van der Waals surface area contributed by atoms with Crippen molar-refractivity contribution in [2.75, 3.05) is 4.72 Å². The Hall–Kier alpha value is -2.35. The SMILES string of the molecule is O=C(O)c1ccc(NS(=O)(=O)c2cn[nH]c2)cc1. The number of nitrogens with zero attached hydrogens (tertiary/aromatic N) is 1. The number of sulfonamides is 1. The maximum absolute atomic E-state index is 11.8. The first kappa shape index (κ1) is 12.1. The number of aromatic carboxylic acids is 1. The molecule has 3 N–H and O–H groups in total. The van der Waals surface area contributed by atoms with Gasteiger partial charge in [-0.05, 0) is 24.3 Å². The Labute approximate surface area is 103 Å². The number of aromatic amines is 1. The van der Waals surface area contributed by atoms with Gasteiger partial charge in [-0.3, -0.25) is 9.82 Å². The van der Waals surface area contributed by atoms with E-state index in [-0.39, 0.29) is 16.1 Å². The molecular weight excluding hydrogens is 258 g/mol. The van der Waals surface area contributed by atoms with Crippen molar-refractivity contribution in [2.24, 2.45) is 0 Å². The predicted molar refractivity (Wildman–Crippen MR) is 62.8 cm³/mol. The van der Waals surface area contributed by atoms with Crippen LogP contribution in [0.25, 0.3) is 0 Å². The largest absolute Gasteiger partial charge is 0.478 e. The Bertz CT molecular complexity index is 647. The third-order valence-corrected chi connectivity index (χ3v) is 3.52. The van der Waals surface area contributed by atoms with Crippen molar-refractivity contribution in [1.82, 2.24) is 10.2 Å². The lowest BCUT2D eigenvalue weighted by molar-refractivity contribution is 0.0697. The second-order valence-corrected chi connectivity index (χ2v) is 5.10. The summed E-state index contributed by atoms with van der Waals surface area (Å²) < 4.78 is 25.9. The van der Waals surface area contributed by atoms with E-state index in [1.807, 2.05) is 0 Å². The summed E-state index contributed by atoms with van der Waals surface area (Å²) in [6.45, 7) is 0. The van der Waals surface area contributed by atoms with Gasteiger partial charge in [0.05, 0.1) is 11.8 Å². The number of hydrogen-bond donors (Lipinski definition) is 3. The van der Waals surface area contributed by atoms with Crippen LogP contribution in [0.3, 0.4) is 0 Å². The van der Waals surface area contributed by atoms with E-state index in [9.17, 15) is 13.2 Å². The molecule has 0 aliphatic rings. The maximum atomic E-state index is 11.8. The topological polar surface area (TPSA) is 112 Å². The van der Waals surface area contributed by atoms with Crippen molar-refractivity contribution < 1.29 is 18.3 Å². The first-order valence-electron chi connectivity index (χ1n) is 4.84. The molecule has 1 aromatic heterocycles. The van der Waals surface area contributed by atoms with Gasteiger partial charge in [0.25, 0.3) is 10.0 Å². The molecule has 0 saturated heterocycles. The van der Waals surface area contributed by atoms with E-state index in [1.54, 1.807) is 0 Å². The van der Waals surface area contributed by atoms with E-state index in [1.165, 1.54) is 36.7 Å². The highest BCUT2D eigenvalue weighted by molar-refractivity contribution is 7.92. The summed E-state index contributed by atoms with van der Waals surface area (Å²) >= 11 is 0. The summed E-state index contributed by atoms with van der Waals surface area (Å²) in [6, 6.07) is 5.38. The first-order chi connectivity index (χ1) is 8.49. The molecule has 0 aliphatic heterocycles. The van der Waals surface area contributed by atoms with Gasteiger partial charge in [0.15, 0.2) is 0 Å². The highest BCUT2D eigenvalue weighted by Crippen LogP contribution is 2.15. The average molecular weight is 267 g/mol. The molecule has 0 bridgehead atoms. The van der Waals surface area contributed by atoms with Gasteiger partial charge in [0.2, 0.25) is 0 Å². The third kappa shape index (κ3) is 2.48. The van der Waals surface area contributed by atoms with Crippen LogP contribution in [-0.4, -0.2) is 29.7 Å². The number of carbonyl (C=O) groups is 1. The van der Waals surface area contributed by atoms with E-state index < -0.39 is 16.0 Å². The molecule has 0 amide bonds. The molecule has 7 nitrogen and oxygen atoms in total. The van der Waals surface area contributed by atoms with Crippen LogP contribution in [0.15, 0.2) is 41.6 Å². The molecule has 0 fully saturated rings. The van der Waals surface area contributed by atoms with Crippen molar-refractivity contribution in [2.45, 2.75) is 4.90 Å². The normalized spacial score (nSPS) is 11.1. The molecule has 0 atom stereocenters. The van der Waals surface area contributed by atoms with Crippen molar-refractivity contribution in [3.8, 4) is 0 Å². The van der Waals surface area contributed by atoms with Gasteiger partial charge in [-0.1, -0.05) is 0 Å². The quantitative estimate of drug-likeness (QED) is 0.762. The smallest absolute Gasteiger partial charge is 0.335 e. The number of hydrogen-bond acceptors (Lipinski definition) is 4. The number of nitrogens with one attached hydrogen (secondary N) is 2. The Balaban J connectivity index is 2.22. The van der Waals surface area contributed by atoms with Crippen molar-refractivity contribution in [1.29, 1.82) is 0 Å². The van der Waals surface area contributed by atoms with Gasteiger partial charge in [-0.2, -0.15) is 5.10 Å². The van der Waals surface area contributed by atoms with Crippen molar-refractivity contribution in [3.05, 3.63) is 42.2 Å². The molecule has 1 heterocycles.